The first-order chi connectivity index (χ1) is 39.0. The fraction of sp³-hybridized carbons (Fsp3) is 0.714. The van der Waals surface area contributed by atoms with Gasteiger partial charge >= 0.3 is 19.8 Å². The first kappa shape index (κ1) is 76.7. The highest BCUT2D eigenvalue weighted by Crippen LogP contribution is 2.43. The zero-order valence-corrected chi connectivity index (χ0v) is 53.2. The Morgan fingerprint density at radius 3 is 1.00 bits per heavy atom. The van der Waals surface area contributed by atoms with Gasteiger partial charge in [0.25, 0.3) is 0 Å². The zero-order valence-electron chi connectivity index (χ0n) is 52.3. The van der Waals surface area contributed by atoms with Crippen LogP contribution >= 0.6 is 7.82 Å². The van der Waals surface area contributed by atoms with Gasteiger partial charge in [-0.1, -0.05) is 271 Å². The Bertz CT molecular complexity index is 1720. The molecule has 0 spiro atoms. The monoisotopic (exact) mass is 1140 g/mol. The summed E-state index contributed by atoms with van der Waals surface area (Å²) in [6, 6.07) is 0. The summed E-state index contributed by atoms with van der Waals surface area (Å²) in [5.74, 6) is -0.801. The van der Waals surface area contributed by atoms with E-state index in [9.17, 15) is 19.0 Å². The maximum absolute atomic E-state index is 12.9. The molecular formula is C70H123NO8P+. The Morgan fingerprint density at radius 2 is 0.675 bits per heavy atom. The van der Waals surface area contributed by atoms with E-state index < -0.39 is 26.5 Å². The largest absolute Gasteiger partial charge is 0.472 e. The summed E-state index contributed by atoms with van der Waals surface area (Å²) in [5.41, 5.74) is 0. The number of hydrogen-bond acceptors (Lipinski definition) is 7. The van der Waals surface area contributed by atoms with Crippen molar-refractivity contribution in [2.24, 2.45) is 0 Å². The fourth-order valence-electron chi connectivity index (χ4n) is 8.86. The van der Waals surface area contributed by atoms with Crippen molar-refractivity contribution in [3.05, 3.63) is 109 Å². The van der Waals surface area contributed by atoms with E-state index in [-0.39, 0.29) is 32.0 Å². The maximum Gasteiger partial charge on any atom is 0.472 e. The van der Waals surface area contributed by atoms with Crippen molar-refractivity contribution >= 4 is 19.8 Å². The smallest absolute Gasteiger partial charge is 0.462 e. The highest BCUT2D eigenvalue weighted by atomic mass is 31.2. The molecule has 0 aliphatic rings. The molecule has 0 fully saturated rings. The van der Waals surface area contributed by atoms with E-state index in [4.69, 9.17) is 18.5 Å². The van der Waals surface area contributed by atoms with E-state index in [1.807, 2.05) is 21.1 Å². The lowest BCUT2D eigenvalue weighted by Crippen LogP contribution is -2.37. The lowest BCUT2D eigenvalue weighted by molar-refractivity contribution is -0.870. The van der Waals surface area contributed by atoms with Crippen LogP contribution in [-0.2, 0) is 32.7 Å². The number of carbonyl (C=O) groups excluding carboxylic acids is 2. The molecule has 0 aromatic heterocycles. The molecule has 10 heteroatoms. The number of nitrogens with zero attached hydrogens (tertiary/aromatic N) is 1. The highest BCUT2D eigenvalue weighted by Gasteiger charge is 2.27. The van der Waals surface area contributed by atoms with Gasteiger partial charge in [0.15, 0.2) is 6.10 Å². The standard InChI is InChI=1S/C70H122NO8P/c1-6-8-10-12-14-16-18-20-22-24-26-28-30-32-33-34-35-36-37-39-40-42-44-46-48-50-52-54-56-58-60-62-69(72)76-66-68(67-78-80(74,75)77-65-64-71(3,4)5)79-70(73)63-61-59-57-55-53-51-49-47-45-43-41-38-31-29-27-25-23-21-19-17-15-13-11-9-7-2/h8-11,14-17,20-23,26-29,38,41,68H,6-7,12-13,18-19,24-25,30-37,39-40,42-67H2,1-5H3/p+1/b10-8-,11-9-,16-14-,17-15-,22-20-,23-21-,28-26-,29-27-,41-38-. The molecule has 0 rings (SSSR count). The fourth-order valence-corrected chi connectivity index (χ4v) is 9.60. The van der Waals surface area contributed by atoms with Gasteiger partial charge < -0.3 is 18.9 Å². The van der Waals surface area contributed by atoms with Crippen LogP contribution in [0.2, 0.25) is 0 Å². The minimum atomic E-state index is -4.40. The van der Waals surface area contributed by atoms with Crippen molar-refractivity contribution in [1.82, 2.24) is 0 Å². The summed E-state index contributed by atoms with van der Waals surface area (Å²) in [4.78, 5) is 35.8. The van der Waals surface area contributed by atoms with Gasteiger partial charge in [0.2, 0.25) is 0 Å². The molecule has 0 heterocycles. The number of hydrogen-bond donors (Lipinski definition) is 1. The van der Waals surface area contributed by atoms with Gasteiger partial charge in [0, 0.05) is 12.8 Å². The Morgan fingerprint density at radius 1 is 0.388 bits per heavy atom. The molecule has 0 saturated carbocycles. The number of phosphoric acid groups is 1. The van der Waals surface area contributed by atoms with Crippen LogP contribution in [0.25, 0.3) is 0 Å². The van der Waals surface area contributed by atoms with Crippen LogP contribution in [0.5, 0.6) is 0 Å². The van der Waals surface area contributed by atoms with Crippen LogP contribution in [0.4, 0.5) is 0 Å². The van der Waals surface area contributed by atoms with Crippen LogP contribution in [0.15, 0.2) is 109 Å². The number of esters is 2. The molecule has 9 nitrogen and oxygen atoms in total. The SMILES string of the molecule is CC/C=C\C/C=C\C/C=C\C/C=C\C/C=C\CCCCCCCCCCCC(=O)OC(COC(=O)CCCCCCCCCCCCCCCCCCCC/C=C\C/C=C\C/C=C\C/C=C\CC)COP(=O)(O)OCC[N+](C)(C)C. The van der Waals surface area contributed by atoms with Gasteiger partial charge in [-0.2, -0.15) is 0 Å². The minimum absolute atomic E-state index is 0.0266. The molecule has 460 valence electrons. The van der Waals surface area contributed by atoms with Gasteiger partial charge in [0.1, 0.15) is 19.8 Å². The third kappa shape index (κ3) is 63.8. The van der Waals surface area contributed by atoms with Crippen molar-refractivity contribution in [1.29, 1.82) is 0 Å². The third-order valence-electron chi connectivity index (χ3n) is 13.8. The number of allylic oxidation sites excluding steroid dienone is 18. The summed E-state index contributed by atoms with van der Waals surface area (Å²) in [6.45, 7) is 4.22. The molecule has 0 aliphatic carbocycles. The lowest BCUT2D eigenvalue weighted by atomic mass is 10.0. The second-order valence-electron chi connectivity index (χ2n) is 22.7. The summed E-state index contributed by atoms with van der Waals surface area (Å²) in [7, 11) is 1.47. The molecule has 2 atom stereocenters. The number of quaternary nitrogens is 1. The molecule has 80 heavy (non-hydrogen) atoms. The molecule has 0 saturated heterocycles. The Labute approximate surface area is 493 Å². The third-order valence-corrected chi connectivity index (χ3v) is 14.8. The predicted molar refractivity (Wildman–Crippen MR) is 344 cm³/mol. The second kappa shape index (κ2) is 60.3. The summed E-state index contributed by atoms with van der Waals surface area (Å²) in [5, 5.41) is 0. The van der Waals surface area contributed by atoms with Crippen LogP contribution in [-0.4, -0.2) is 74.9 Å². The van der Waals surface area contributed by atoms with Gasteiger partial charge in [-0.15, -0.1) is 0 Å². The molecule has 0 radical (unpaired) electrons. The van der Waals surface area contributed by atoms with Crippen molar-refractivity contribution in [3.8, 4) is 0 Å². The molecule has 0 aromatic carbocycles. The molecule has 0 bridgehead atoms. The van der Waals surface area contributed by atoms with E-state index in [1.54, 1.807) is 0 Å². The van der Waals surface area contributed by atoms with E-state index in [0.717, 1.165) is 103 Å². The summed E-state index contributed by atoms with van der Waals surface area (Å²) >= 11 is 0. The number of unbranched alkanes of at least 4 members (excludes halogenated alkanes) is 27. The zero-order chi connectivity index (χ0) is 58.4. The normalized spacial score (nSPS) is 13.9. The number of phosphoric ester groups is 1. The highest BCUT2D eigenvalue weighted by molar-refractivity contribution is 7.47. The van der Waals surface area contributed by atoms with Gasteiger partial charge in [0.05, 0.1) is 27.7 Å². The molecule has 2 unspecified atom stereocenters. The number of carbonyl (C=O) groups is 2. The Kier molecular flexibility index (Phi) is 57.8. The molecule has 0 aromatic rings. The van der Waals surface area contributed by atoms with E-state index in [1.165, 1.54) is 135 Å². The van der Waals surface area contributed by atoms with Crippen LogP contribution in [0, 0.1) is 0 Å². The summed E-state index contributed by atoms with van der Waals surface area (Å²) < 4.78 is 34.7. The molecular weight excluding hydrogens is 1010 g/mol. The average molecular weight is 1140 g/mol. The van der Waals surface area contributed by atoms with E-state index >= 15 is 0 Å². The average Bonchev–Trinajstić information content (AvgIpc) is 3.42. The first-order valence-corrected chi connectivity index (χ1v) is 34.1. The lowest BCUT2D eigenvalue weighted by Gasteiger charge is -2.24. The van der Waals surface area contributed by atoms with Crippen molar-refractivity contribution in [2.75, 3.05) is 47.5 Å². The van der Waals surface area contributed by atoms with Crippen LogP contribution in [0.1, 0.15) is 271 Å². The van der Waals surface area contributed by atoms with Crippen LogP contribution in [0.3, 0.4) is 0 Å². The maximum atomic E-state index is 12.9. The van der Waals surface area contributed by atoms with Gasteiger partial charge in [-0.3, -0.25) is 18.6 Å². The first-order valence-electron chi connectivity index (χ1n) is 32.6. The molecule has 0 amide bonds. The second-order valence-corrected chi connectivity index (χ2v) is 24.2. The Hall–Kier alpha value is -3.33. The number of ether oxygens (including phenoxy) is 2. The van der Waals surface area contributed by atoms with Crippen LogP contribution < -0.4 is 0 Å². The van der Waals surface area contributed by atoms with Crippen molar-refractivity contribution in [3.63, 3.8) is 0 Å². The molecule has 0 aliphatic heterocycles. The van der Waals surface area contributed by atoms with Crippen molar-refractivity contribution < 1.29 is 42.1 Å². The van der Waals surface area contributed by atoms with E-state index in [2.05, 4.69) is 123 Å². The van der Waals surface area contributed by atoms with E-state index in [0.29, 0.717) is 17.4 Å². The topological polar surface area (TPSA) is 108 Å². The van der Waals surface area contributed by atoms with Gasteiger partial charge in [-0.25, -0.2) is 4.57 Å². The molecule has 1 N–H and O–H groups in total. The predicted octanol–water partition coefficient (Wildman–Crippen LogP) is 20.9. The Balaban J connectivity index is 4.09. The number of likely N-dealkylation sites (N-methyl/N-ethyl adjacent to an activating group) is 1. The quantitative estimate of drug-likeness (QED) is 0.0211. The van der Waals surface area contributed by atoms with Crippen molar-refractivity contribution in [2.45, 2.75) is 277 Å². The summed E-state index contributed by atoms with van der Waals surface area (Å²) in [6.07, 6.45) is 84.6. The number of rotatable bonds is 59. The van der Waals surface area contributed by atoms with Gasteiger partial charge in [-0.05, 0) is 96.3 Å². The minimum Gasteiger partial charge on any atom is -0.462 e.